The van der Waals surface area contributed by atoms with Crippen molar-refractivity contribution in [2.45, 2.75) is 6.92 Å². The lowest BCUT2D eigenvalue weighted by atomic mass is 10.5. The molecule has 0 atom stereocenters. The Morgan fingerprint density at radius 3 is 2.94 bits per heavy atom. The number of rotatable bonds is 6. The highest BCUT2D eigenvalue weighted by atomic mass is 16.5. The fraction of sp³-hybridized carbons (Fsp3) is 0.600. The van der Waals surface area contributed by atoms with Crippen LogP contribution in [0, 0.1) is 6.92 Å². The number of aryl methyl sites for hydroxylation is 2. The summed E-state index contributed by atoms with van der Waals surface area (Å²) in [5.74, 6) is 0.513. The lowest BCUT2D eigenvalue weighted by Crippen LogP contribution is -2.31. The zero-order valence-electron chi connectivity index (χ0n) is 10.1. The zero-order valence-corrected chi connectivity index (χ0v) is 10.1. The highest BCUT2D eigenvalue weighted by Gasteiger charge is 2.04. The standard InChI is InChI=1S/C10H18N4O3/c1-8-7-9(13-14(8)2)12-10(16)11-3-5-17-6-4-15/h7,15H,3-6H2,1-2H3,(H2,11,12,13,16). The summed E-state index contributed by atoms with van der Waals surface area (Å²) in [7, 11) is 1.81. The maximum absolute atomic E-state index is 11.4. The predicted molar refractivity (Wildman–Crippen MR) is 62.9 cm³/mol. The van der Waals surface area contributed by atoms with Crippen molar-refractivity contribution in [2.75, 3.05) is 31.7 Å². The number of nitrogens with one attached hydrogen (secondary N) is 2. The molecule has 0 saturated carbocycles. The van der Waals surface area contributed by atoms with Crippen LogP contribution in [0.4, 0.5) is 10.6 Å². The molecule has 0 aromatic carbocycles. The van der Waals surface area contributed by atoms with Gasteiger partial charge in [-0.15, -0.1) is 0 Å². The van der Waals surface area contributed by atoms with Crippen molar-refractivity contribution >= 4 is 11.8 Å². The summed E-state index contributed by atoms with van der Waals surface area (Å²) in [5.41, 5.74) is 0.964. The number of aliphatic hydroxyl groups is 1. The van der Waals surface area contributed by atoms with Gasteiger partial charge in [-0.2, -0.15) is 5.10 Å². The Hall–Kier alpha value is -1.60. The molecule has 17 heavy (non-hydrogen) atoms. The van der Waals surface area contributed by atoms with Gasteiger partial charge in [0.2, 0.25) is 0 Å². The number of aliphatic hydroxyl groups excluding tert-OH is 1. The van der Waals surface area contributed by atoms with Gasteiger partial charge in [0.1, 0.15) is 0 Å². The molecule has 0 unspecified atom stereocenters. The first-order chi connectivity index (χ1) is 8.13. The second-order valence-electron chi connectivity index (χ2n) is 3.51. The van der Waals surface area contributed by atoms with E-state index in [2.05, 4.69) is 15.7 Å². The van der Waals surface area contributed by atoms with E-state index in [1.54, 1.807) is 17.8 Å². The van der Waals surface area contributed by atoms with Crippen LogP contribution in [-0.4, -0.2) is 47.3 Å². The van der Waals surface area contributed by atoms with Gasteiger partial charge in [-0.05, 0) is 6.92 Å². The summed E-state index contributed by atoms with van der Waals surface area (Å²) in [6.45, 7) is 2.92. The van der Waals surface area contributed by atoms with Crippen LogP contribution >= 0.6 is 0 Å². The number of nitrogens with zero attached hydrogens (tertiary/aromatic N) is 2. The molecular formula is C10H18N4O3. The monoisotopic (exact) mass is 242 g/mol. The van der Waals surface area contributed by atoms with E-state index in [4.69, 9.17) is 9.84 Å². The van der Waals surface area contributed by atoms with Crippen LogP contribution in [-0.2, 0) is 11.8 Å². The minimum Gasteiger partial charge on any atom is -0.394 e. The van der Waals surface area contributed by atoms with Gasteiger partial charge in [0, 0.05) is 25.4 Å². The van der Waals surface area contributed by atoms with E-state index in [0.29, 0.717) is 19.0 Å². The first kappa shape index (κ1) is 13.5. The van der Waals surface area contributed by atoms with E-state index in [-0.39, 0.29) is 19.2 Å². The van der Waals surface area contributed by atoms with Crippen molar-refractivity contribution in [2.24, 2.45) is 7.05 Å². The van der Waals surface area contributed by atoms with E-state index >= 15 is 0 Å². The van der Waals surface area contributed by atoms with Crippen LogP contribution < -0.4 is 10.6 Å². The number of carbonyl (C=O) groups excluding carboxylic acids is 1. The highest BCUT2D eigenvalue weighted by molar-refractivity contribution is 5.88. The Bertz CT molecular complexity index is 345. The van der Waals surface area contributed by atoms with Crippen LogP contribution in [0.5, 0.6) is 0 Å². The van der Waals surface area contributed by atoms with Gasteiger partial charge in [-0.3, -0.25) is 10.00 Å². The van der Waals surface area contributed by atoms with E-state index in [0.717, 1.165) is 5.69 Å². The Morgan fingerprint density at radius 1 is 1.59 bits per heavy atom. The number of hydrogen-bond acceptors (Lipinski definition) is 4. The van der Waals surface area contributed by atoms with Crippen LogP contribution in [0.25, 0.3) is 0 Å². The minimum atomic E-state index is -0.323. The molecule has 1 rings (SSSR count). The molecular weight excluding hydrogens is 224 g/mol. The van der Waals surface area contributed by atoms with Crippen molar-refractivity contribution in [3.8, 4) is 0 Å². The largest absolute Gasteiger partial charge is 0.394 e. The smallest absolute Gasteiger partial charge is 0.320 e. The van der Waals surface area contributed by atoms with Crippen molar-refractivity contribution in [3.05, 3.63) is 11.8 Å². The molecule has 0 bridgehead atoms. The number of ether oxygens (including phenoxy) is 1. The van der Waals surface area contributed by atoms with Crippen LogP contribution in [0.15, 0.2) is 6.07 Å². The Morgan fingerprint density at radius 2 is 2.35 bits per heavy atom. The van der Waals surface area contributed by atoms with Gasteiger partial charge >= 0.3 is 6.03 Å². The zero-order chi connectivity index (χ0) is 12.7. The minimum absolute atomic E-state index is 0.0145. The molecule has 1 aromatic rings. The second kappa shape index (κ2) is 6.87. The van der Waals surface area contributed by atoms with Crippen LogP contribution in [0.1, 0.15) is 5.69 Å². The fourth-order valence-corrected chi connectivity index (χ4v) is 1.19. The third kappa shape index (κ3) is 4.83. The Balaban J connectivity index is 2.21. The number of amides is 2. The molecule has 0 aliphatic carbocycles. The van der Waals surface area contributed by atoms with E-state index in [9.17, 15) is 4.79 Å². The lowest BCUT2D eigenvalue weighted by Gasteiger charge is -2.05. The molecule has 2 amide bonds. The van der Waals surface area contributed by atoms with Gasteiger partial charge in [0.05, 0.1) is 19.8 Å². The molecule has 7 heteroatoms. The average Bonchev–Trinajstić information content (AvgIpc) is 2.57. The van der Waals surface area contributed by atoms with Gasteiger partial charge in [-0.25, -0.2) is 4.79 Å². The molecule has 0 fully saturated rings. The van der Waals surface area contributed by atoms with Gasteiger partial charge in [0.25, 0.3) is 0 Å². The second-order valence-corrected chi connectivity index (χ2v) is 3.51. The predicted octanol–water partition coefficient (Wildman–Crippen LogP) is -0.141. The maximum atomic E-state index is 11.4. The highest BCUT2D eigenvalue weighted by Crippen LogP contribution is 2.05. The van der Waals surface area contributed by atoms with Crippen LogP contribution in [0.3, 0.4) is 0 Å². The Labute approximate surface area is 99.8 Å². The molecule has 96 valence electrons. The topological polar surface area (TPSA) is 88.4 Å². The molecule has 0 aliphatic heterocycles. The molecule has 3 N–H and O–H groups in total. The van der Waals surface area contributed by atoms with Gasteiger partial charge < -0.3 is 15.2 Å². The molecule has 7 nitrogen and oxygen atoms in total. The van der Waals surface area contributed by atoms with Gasteiger partial charge in [0.15, 0.2) is 5.82 Å². The average molecular weight is 242 g/mol. The molecule has 0 spiro atoms. The van der Waals surface area contributed by atoms with Gasteiger partial charge in [-0.1, -0.05) is 0 Å². The fourth-order valence-electron chi connectivity index (χ4n) is 1.19. The molecule has 1 heterocycles. The summed E-state index contributed by atoms with van der Waals surface area (Å²) >= 11 is 0. The summed E-state index contributed by atoms with van der Waals surface area (Å²) in [4.78, 5) is 11.4. The first-order valence-corrected chi connectivity index (χ1v) is 5.37. The van der Waals surface area contributed by atoms with Crippen molar-refractivity contribution in [1.82, 2.24) is 15.1 Å². The van der Waals surface area contributed by atoms with Crippen LogP contribution in [0.2, 0.25) is 0 Å². The first-order valence-electron chi connectivity index (χ1n) is 5.37. The van der Waals surface area contributed by atoms with Crippen molar-refractivity contribution in [3.63, 3.8) is 0 Å². The van der Waals surface area contributed by atoms with E-state index in [1.807, 2.05) is 6.92 Å². The summed E-state index contributed by atoms with van der Waals surface area (Å²) < 4.78 is 6.67. The number of hydrogen-bond donors (Lipinski definition) is 3. The Kier molecular flexibility index (Phi) is 5.44. The third-order valence-corrected chi connectivity index (χ3v) is 2.12. The quantitative estimate of drug-likeness (QED) is 0.606. The maximum Gasteiger partial charge on any atom is 0.320 e. The number of aromatic nitrogens is 2. The third-order valence-electron chi connectivity index (χ3n) is 2.12. The van der Waals surface area contributed by atoms with Crippen molar-refractivity contribution in [1.29, 1.82) is 0 Å². The molecule has 0 saturated heterocycles. The lowest BCUT2D eigenvalue weighted by molar-refractivity contribution is 0.0950. The number of urea groups is 1. The SMILES string of the molecule is Cc1cc(NC(=O)NCCOCCO)nn1C. The summed E-state index contributed by atoms with van der Waals surface area (Å²) in [6.07, 6.45) is 0. The normalized spacial score (nSPS) is 10.3. The summed E-state index contributed by atoms with van der Waals surface area (Å²) in [6, 6.07) is 1.46. The van der Waals surface area contributed by atoms with E-state index in [1.165, 1.54) is 0 Å². The summed E-state index contributed by atoms with van der Waals surface area (Å²) in [5, 5.41) is 17.8. The molecule has 0 aliphatic rings. The number of carbonyl (C=O) groups is 1. The molecule has 1 aromatic heterocycles. The number of anilines is 1. The van der Waals surface area contributed by atoms with E-state index < -0.39 is 0 Å². The molecule has 0 radical (unpaired) electrons. The van der Waals surface area contributed by atoms with Crippen molar-refractivity contribution < 1.29 is 14.6 Å².